The number of carbonyl (C=O) groups is 1. The normalized spacial score (nSPS) is 26.8. The van der Waals surface area contributed by atoms with E-state index in [0.29, 0.717) is 10.9 Å². The van der Waals surface area contributed by atoms with E-state index in [1.807, 2.05) is 0 Å². The van der Waals surface area contributed by atoms with E-state index in [-0.39, 0.29) is 34.4 Å². The molecule has 2 heterocycles. The summed E-state index contributed by atoms with van der Waals surface area (Å²) in [6, 6.07) is 3.73. The second-order valence-corrected chi connectivity index (χ2v) is 9.26. The summed E-state index contributed by atoms with van der Waals surface area (Å²) in [5.41, 5.74) is 0.502. The summed E-state index contributed by atoms with van der Waals surface area (Å²) in [4.78, 5) is 17.5. The minimum Gasteiger partial charge on any atom is -0.375 e. The van der Waals surface area contributed by atoms with Gasteiger partial charge in [-0.2, -0.15) is 4.99 Å². The maximum Gasteiger partial charge on any atom is 0.274 e. The molecule has 0 spiro atoms. The molecular formula is C14H14ClFN2O4S2. The summed E-state index contributed by atoms with van der Waals surface area (Å²) in [6.07, 6.45) is 0. The smallest absolute Gasteiger partial charge is 0.274 e. The van der Waals surface area contributed by atoms with Crippen molar-refractivity contribution in [2.45, 2.75) is 11.3 Å². The van der Waals surface area contributed by atoms with E-state index in [1.165, 1.54) is 37.1 Å². The van der Waals surface area contributed by atoms with Gasteiger partial charge in [-0.15, -0.1) is 0 Å². The van der Waals surface area contributed by atoms with E-state index >= 15 is 0 Å². The van der Waals surface area contributed by atoms with Gasteiger partial charge in [0, 0.05) is 18.0 Å². The summed E-state index contributed by atoms with van der Waals surface area (Å²) in [5, 5.41) is 0.0712. The van der Waals surface area contributed by atoms with Crippen LogP contribution >= 0.6 is 23.4 Å². The van der Waals surface area contributed by atoms with Gasteiger partial charge in [-0.1, -0.05) is 23.4 Å². The summed E-state index contributed by atoms with van der Waals surface area (Å²) < 4.78 is 42.0. The summed E-state index contributed by atoms with van der Waals surface area (Å²) in [5.74, 6) is -1.07. The lowest BCUT2D eigenvalue weighted by Gasteiger charge is -2.24. The van der Waals surface area contributed by atoms with Crippen molar-refractivity contribution in [1.29, 1.82) is 0 Å². The van der Waals surface area contributed by atoms with Crippen molar-refractivity contribution in [2.24, 2.45) is 4.99 Å². The number of hydrogen-bond acceptors (Lipinski definition) is 5. The number of carbonyl (C=O) groups excluding carboxylic acids is 1. The van der Waals surface area contributed by atoms with Crippen molar-refractivity contribution < 1.29 is 22.3 Å². The Kier molecular flexibility index (Phi) is 4.87. The van der Waals surface area contributed by atoms with Crippen LogP contribution < -0.4 is 4.90 Å². The van der Waals surface area contributed by atoms with Crippen LogP contribution in [0.15, 0.2) is 23.2 Å². The van der Waals surface area contributed by atoms with Crippen LogP contribution in [0.5, 0.6) is 0 Å². The molecule has 1 amide bonds. The molecule has 10 heteroatoms. The van der Waals surface area contributed by atoms with Gasteiger partial charge in [-0.05, 0) is 18.2 Å². The Labute approximate surface area is 147 Å². The number of benzene rings is 1. The maximum atomic E-state index is 13.4. The molecular weight excluding hydrogens is 379 g/mol. The molecule has 2 fully saturated rings. The molecule has 2 atom stereocenters. The first-order valence-corrected chi connectivity index (χ1v) is 10.1. The second kappa shape index (κ2) is 6.62. The van der Waals surface area contributed by atoms with E-state index < -0.39 is 21.6 Å². The molecule has 1 aromatic carbocycles. The van der Waals surface area contributed by atoms with Crippen LogP contribution in [0, 0.1) is 5.82 Å². The predicted molar refractivity (Wildman–Crippen MR) is 92.0 cm³/mol. The highest BCUT2D eigenvalue weighted by Gasteiger charge is 2.49. The van der Waals surface area contributed by atoms with Gasteiger partial charge in [0.25, 0.3) is 5.91 Å². The van der Waals surface area contributed by atoms with Crippen molar-refractivity contribution in [1.82, 2.24) is 0 Å². The predicted octanol–water partition coefficient (Wildman–Crippen LogP) is 1.73. The van der Waals surface area contributed by atoms with Gasteiger partial charge in [0.2, 0.25) is 0 Å². The van der Waals surface area contributed by atoms with E-state index in [1.54, 1.807) is 4.90 Å². The zero-order valence-electron chi connectivity index (χ0n) is 12.6. The van der Waals surface area contributed by atoms with Gasteiger partial charge in [0.15, 0.2) is 15.0 Å². The zero-order valence-corrected chi connectivity index (χ0v) is 15.0. The molecule has 24 heavy (non-hydrogen) atoms. The molecule has 2 aliphatic rings. The number of rotatable bonds is 3. The molecule has 130 valence electrons. The van der Waals surface area contributed by atoms with Crippen molar-refractivity contribution >= 4 is 50.0 Å². The van der Waals surface area contributed by atoms with Crippen LogP contribution in [-0.4, -0.2) is 56.0 Å². The van der Waals surface area contributed by atoms with Gasteiger partial charge in [0.1, 0.15) is 12.4 Å². The van der Waals surface area contributed by atoms with Crippen LogP contribution in [0.25, 0.3) is 0 Å². The summed E-state index contributed by atoms with van der Waals surface area (Å²) in [7, 11) is -1.77. The highest BCUT2D eigenvalue weighted by Crippen LogP contribution is 2.41. The number of amides is 1. The van der Waals surface area contributed by atoms with E-state index in [4.69, 9.17) is 16.3 Å². The first-order chi connectivity index (χ1) is 11.3. The van der Waals surface area contributed by atoms with Gasteiger partial charge in [-0.3, -0.25) is 4.79 Å². The molecule has 0 aliphatic carbocycles. The molecule has 6 nitrogen and oxygen atoms in total. The maximum absolute atomic E-state index is 13.4. The van der Waals surface area contributed by atoms with Gasteiger partial charge < -0.3 is 9.64 Å². The third kappa shape index (κ3) is 3.44. The fourth-order valence-corrected chi connectivity index (χ4v) is 6.87. The quantitative estimate of drug-likeness (QED) is 0.779. The van der Waals surface area contributed by atoms with E-state index in [2.05, 4.69) is 4.99 Å². The fraction of sp³-hybridized carbons (Fsp3) is 0.429. The van der Waals surface area contributed by atoms with Crippen molar-refractivity contribution in [2.75, 3.05) is 30.1 Å². The largest absolute Gasteiger partial charge is 0.375 e. The van der Waals surface area contributed by atoms with Gasteiger partial charge in [0.05, 0.1) is 22.6 Å². The number of aliphatic imine (C=N–C) groups is 1. The number of ether oxygens (including phenoxy) is 1. The number of hydrogen-bond donors (Lipinski definition) is 0. The number of halogens is 2. The summed E-state index contributed by atoms with van der Waals surface area (Å²) >= 11 is 7.08. The van der Waals surface area contributed by atoms with Crippen LogP contribution in [0.2, 0.25) is 5.02 Å². The number of amidine groups is 1. The molecule has 1 aromatic rings. The molecule has 0 saturated carbocycles. The Balaban J connectivity index is 2.01. The average molecular weight is 393 g/mol. The lowest BCUT2D eigenvalue weighted by Crippen LogP contribution is -2.37. The Hall–Kier alpha value is -1.16. The number of anilines is 1. The number of methoxy groups -OCH3 is 1. The SMILES string of the molecule is COCC(=O)N=C1S[C@H]2CS(=O)(=O)C[C@H]2N1c1ccc(F)c(Cl)c1. The second-order valence-electron chi connectivity index (χ2n) is 5.49. The molecule has 2 saturated heterocycles. The molecule has 2 aliphatic heterocycles. The van der Waals surface area contributed by atoms with E-state index in [9.17, 15) is 17.6 Å². The monoisotopic (exact) mass is 392 g/mol. The van der Waals surface area contributed by atoms with Crippen LogP contribution in [0.1, 0.15) is 0 Å². The number of fused-ring (bicyclic) bond motifs is 1. The van der Waals surface area contributed by atoms with Crippen LogP contribution in [0.4, 0.5) is 10.1 Å². The number of thioether (sulfide) groups is 1. The minimum absolute atomic E-state index is 0.0191. The highest BCUT2D eigenvalue weighted by atomic mass is 35.5. The minimum atomic E-state index is -3.16. The Bertz CT molecular complexity index is 815. The molecule has 0 unspecified atom stereocenters. The molecule has 0 aromatic heterocycles. The third-order valence-electron chi connectivity index (χ3n) is 3.74. The third-order valence-corrected chi connectivity index (χ3v) is 7.24. The first kappa shape index (κ1) is 17.7. The Morgan fingerprint density at radius 3 is 2.92 bits per heavy atom. The lowest BCUT2D eigenvalue weighted by molar-refractivity contribution is -0.121. The first-order valence-electron chi connectivity index (χ1n) is 7.02. The summed E-state index contributed by atoms with van der Waals surface area (Å²) in [6.45, 7) is -0.171. The molecule has 0 N–H and O–H groups in total. The zero-order chi connectivity index (χ0) is 17.5. The van der Waals surface area contributed by atoms with Crippen molar-refractivity contribution in [3.05, 3.63) is 29.0 Å². The lowest BCUT2D eigenvalue weighted by atomic mass is 10.2. The average Bonchev–Trinajstić information content (AvgIpc) is 2.93. The van der Waals surface area contributed by atoms with Crippen molar-refractivity contribution in [3.63, 3.8) is 0 Å². The van der Waals surface area contributed by atoms with Gasteiger partial charge >= 0.3 is 0 Å². The number of sulfone groups is 1. The fourth-order valence-electron chi connectivity index (χ4n) is 2.76. The van der Waals surface area contributed by atoms with Crippen LogP contribution in [-0.2, 0) is 19.4 Å². The van der Waals surface area contributed by atoms with Crippen molar-refractivity contribution in [3.8, 4) is 0 Å². The molecule has 0 radical (unpaired) electrons. The van der Waals surface area contributed by atoms with E-state index in [0.717, 1.165) is 0 Å². The molecule has 3 rings (SSSR count). The topological polar surface area (TPSA) is 76.0 Å². The van der Waals surface area contributed by atoms with Gasteiger partial charge in [-0.25, -0.2) is 12.8 Å². The number of nitrogens with zero attached hydrogens (tertiary/aromatic N) is 2. The Morgan fingerprint density at radius 1 is 1.50 bits per heavy atom. The van der Waals surface area contributed by atoms with Crippen LogP contribution in [0.3, 0.4) is 0 Å². The standard InChI is InChI=1S/C14H14ClFN2O4S2/c1-22-5-13(19)17-14-18(8-2-3-10(16)9(15)4-8)11-6-24(20,21)7-12(11)23-14/h2-4,11-12H,5-7H2,1H3/t11-,12+/m1/s1. The molecule has 0 bridgehead atoms. The Morgan fingerprint density at radius 2 is 2.25 bits per heavy atom. The highest BCUT2D eigenvalue weighted by molar-refractivity contribution is 8.16.